The van der Waals surface area contributed by atoms with E-state index in [1.165, 1.54) is 19.3 Å². The van der Waals surface area contributed by atoms with Crippen molar-refractivity contribution in [3.05, 3.63) is 34.9 Å². The van der Waals surface area contributed by atoms with Gasteiger partial charge in [0.15, 0.2) is 0 Å². The third-order valence-corrected chi connectivity index (χ3v) is 3.23. The molecule has 1 aliphatic rings. The monoisotopic (exact) mass is 219 g/mol. The third kappa shape index (κ3) is 2.42. The number of aryl methyl sites for hydroxylation is 1. The standard InChI is InChI=1S/C13H17NO2/c1-9-5-6-10(7-12(9)13(15)16)8-14-11-3-2-4-11/h5-7,11,14H,2-4,8H2,1H3,(H,15,16). The first kappa shape index (κ1) is 11.1. The molecule has 2 N–H and O–H groups in total. The fraction of sp³-hybridized carbons (Fsp3) is 0.462. The number of carboxylic acids is 1. The topological polar surface area (TPSA) is 49.3 Å². The summed E-state index contributed by atoms with van der Waals surface area (Å²) in [5.41, 5.74) is 2.28. The quantitative estimate of drug-likeness (QED) is 0.817. The van der Waals surface area contributed by atoms with E-state index in [1.807, 2.05) is 19.1 Å². The van der Waals surface area contributed by atoms with Crippen molar-refractivity contribution in [2.75, 3.05) is 0 Å². The van der Waals surface area contributed by atoms with E-state index in [-0.39, 0.29) is 0 Å². The molecule has 1 aromatic carbocycles. The molecule has 1 saturated carbocycles. The SMILES string of the molecule is Cc1ccc(CNC2CCC2)cc1C(=O)O. The smallest absolute Gasteiger partial charge is 0.335 e. The fourth-order valence-corrected chi connectivity index (χ4v) is 1.88. The van der Waals surface area contributed by atoms with Gasteiger partial charge in [0.05, 0.1) is 5.56 Å². The van der Waals surface area contributed by atoms with E-state index in [0.717, 1.165) is 17.7 Å². The van der Waals surface area contributed by atoms with E-state index >= 15 is 0 Å². The van der Waals surface area contributed by atoms with Crippen molar-refractivity contribution in [1.29, 1.82) is 0 Å². The predicted octanol–water partition coefficient (Wildman–Crippen LogP) is 2.34. The Labute approximate surface area is 95.5 Å². The number of aromatic carboxylic acids is 1. The molecular formula is C13H17NO2. The highest BCUT2D eigenvalue weighted by atomic mass is 16.4. The normalized spacial score (nSPS) is 15.8. The first-order valence-corrected chi connectivity index (χ1v) is 5.73. The number of hydrogen-bond acceptors (Lipinski definition) is 2. The molecule has 0 unspecified atom stereocenters. The Morgan fingerprint density at radius 1 is 1.50 bits per heavy atom. The molecule has 3 nitrogen and oxygen atoms in total. The van der Waals surface area contributed by atoms with Crippen LogP contribution in [-0.2, 0) is 6.54 Å². The molecule has 0 atom stereocenters. The second-order valence-corrected chi connectivity index (χ2v) is 4.46. The second-order valence-electron chi connectivity index (χ2n) is 4.46. The van der Waals surface area contributed by atoms with Gasteiger partial charge in [0.2, 0.25) is 0 Å². The van der Waals surface area contributed by atoms with Gasteiger partial charge < -0.3 is 10.4 Å². The van der Waals surface area contributed by atoms with Crippen LogP contribution in [0.1, 0.15) is 40.7 Å². The highest BCUT2D eigenvalue weighted by Crippen LogP contribution is 2.19. The van der Waals surface area contributed by atoms with Crippen LogP contribution in [0.3, 0.4) is 0 Å². The highest BCUT2D eigenvalue weighted by molar-refractivity contribution is 5.89. The number of carbonyl (C=O) groups is 1. The zero-order chi connectivity index (χ0) is 11.5. The first-order chi connectivity index (χ1) is 7.66. The van der Waals surface area contributed by atoms with Crippen molar-refractivity contribution in [2.24, 2.45) is 0 Å². The van der Waals surface area contributed by atoms with Gasteiger partial charge in [-0.1, -0.05) is 18.6 Å². The fourth-order valence-electron chi connectivity index (χ4n) is 1.88. The summed E-state index contributed by atoms with van der Waals surface area (Å²) in [5, 5.41) is 12.4. The Morgan fingerprint density at radius 3 is 2.81 bits per heavy atom. The van der Waals surface area contributed by atoms with Crippen molar-refractivity contribution in [2.45, 2.75) is 38.8 Å². The van der Waals surface area contributed by atoms with E-state index in [1.54, 1.807) is 6.07 Å². The number of carboxylic acid groups (broad SMARTS) is 1. The minimum absolute atomic E-state index is 0.410. The van der Waals surface area contributed by atoms with E-state index in [9.17, 15) is 4.79 Å². The number of nitrogens with one attached hydrogen (secondary N) is 1. The molecule has 0 spiro atoms. The maximum Gasteiger partial charge on any atom is 0.335 e. The van der Waals surface area contributed by atoms with Crippen molar-refractivity contribution < 1.29 is 9.90 Å². The molecule has 16 heavy (non-hydrogen) atoms. The van der Waals surface area contributed by atoms with E-state index in [0.29, 0.717) is 11.6 Å². The lowest BCUT2D eigenvalue weighted by Crippen LogP contribution is -2.34. The lowest BCUT2D eigenvalue weighted by atomic mass is 9.93. The summed E-state index contributed by atoms with van der Waals surface area (Å²) in [6.07, 6.45) is 3.81. The summed E-state index contributed by atoms with van der Waals surface area (Å²) >= 11 is 0. The molecule has 2 rings (SSSR count). The predicted molar refractivity (Wildman–Crippen MR) is 62.6 cm³/mol. The van der Waals surface area contributed by atoms with Crippen LogP contribution in [0.4, 0.5) is 0 Å². The minimum atomic E-state index is -0.844. The van der Waals surface area contributed by atoms with Crippen LogP contribution in [-0.4, -0.2) is 17.1 Å². The van der Waals surface area contributed by atoms with Gasteiger partial charge >= 0.3 is 5.97 Å². The van der Waals surface area contributed by atoms with Crippen LogP contribution < -0.4 is 5.32 Å². The van der Waals surface area contributed by atoms with E-state index in [2.05, 4.69) is 5.32 Å². The van der Waals surface area contributed by atoms with Gasteiger partial charge in [-0.25, -0.2) is 4.79 Å². The average Bonchev–Trinajstić information content (AvgIpc) is 2.17. The third-order valence-electron chi connectivity index (χ3n) is 3.23. The number of hydrogen-bond donors (Lipinski definition) is 2. The second kappa shape index (κ2) is 4.66. The van der Waals surface area contributed by atoms with Crippen molar-refractivity contribution in [3.8, 4) is 0 Å². The molecule has 1 fully saturated rings. The Kier molecular flexibility index (Phi) is 3.25. The van der Waals surface area contributed by atoms with Crippen LogP contribution in [0.25, 0.3) is 0 Å². The molecular weight excluding hydrogens is 202 g/mol. The number of rotatable bonds is 4. The zero-order valence-electron chi connectivity index (χ0n) is 9.49. The summed E-state index contributed by atoms with van der Waals surface area (Å²) < 4.78 is 0. The summed E-state index contributed by atoms with van der Waals surface area (Å²) in [7, 11) is 0. The molecule has 0 aromatic heterocycles. The Balaban J connectivity index is 2.03. The molecule has 0 saturated heterocycles. The first-order valence-electron chi connectivity index (χ1n) is 5.73. The van der Waals surface area contributed by atoms with Crippen LogP contribution in [0.2, 0.25) is 0 Å². The van der Waals surface area contributed by atoms with Crippen LogP contribution >= 0.6 is 0 Å². The Morgan fingerprint density at radius 2 is 2.25 bits per heavy atom. The molecule has 0 aliphatic heterocycles. The lowest BCUT2D eigenvalue weighted by Gasteiger charge is -2.26. The Hall–Kier alpha value is -1.35. The molecule has 0 bridgehead atoms. The molecule has 0 amide bonds. The van der Waals surface area contributed by atoms with Gasteiger partial charge in [-0.2, -0.15) is 0 Å². The molecule has 3 heteroatoms. The largest absolute Gasteiger partial charge is 0.478 e. The van der Waals surface area contributed by atoms with Crippen LogP contribution in [0, 0.1) is 6.92 Å². The van der Waals surface area contributed by atoms with Crippen LogP contribution in [0.5, 0.6) is 0 Å². The van der Waals surface area contributed by atoms with Crippen molar-refractivity contribution in [3.63, 3.8) is 0 Å². The van der Waals surface area contributed by atoms with Gasteiger partial charge in [0.25, 0.3) is 0 Å². The minimum Gasteiger partial charge on any atom is -0.478 e. The summed E-state index contributed by atoms with van der Waals surface area (Å²) in [6.45, 7) is 2.60. The van der Waals surface area contributed by atoms with E-state index in [4.69, 9.17) is 5.11 Å². The maximum absolute atomic E-state index is 11.0. The highest BCUT2D eigenvalue weighted by Gasteiger charge is 2.16. The molecule has 1 aromatic rings. The number of benzene rings is 1. The summed E-state index contributed by atoms with van der Waals surface area (Å²) in [6, 6.07) is 6.27. The van der Waals surface area contributed by atoms with Gasteiger partial charge in [-0.15, -0.1) is 0 Å². The van der Waals surface area contributed by atoms with Gasteiger partial charge in [0.1, 0.15) is 0 Å². The zero-order valence-corrected chi connectivity index (χ0v) is 9.49. The van der Waals surface area contributed by atoms with E-state index < -0.39 is 5.97 Å². The average molecular weight is 219 g/mol. The van der Waals surface area contributed by atoms with Gasteiger partial charge in [0, 0.05) is 12.6 Å². The molecule has 1 aliphatic carbocycles. The summed E-state index contributed by atoms with van der Waals surface area (Å²) in [5.74, 6) is -0.844. The van der Waals surface area contributed by atoms with Gasteiger partial charge in [-0.05, 0) is 37.0 Å². The Bertz CT molecular complexity index is 397. The lowest BCUT2D eigenvalue weighted by molar-refractivity contribution is 0.0696. The van der Waals surface area contributed by atoms with Crippen molar-refractivity contribution >= 4 is 5.97 Å². The summed E-state index contributed by atoms with van der Waals surface area (Å²) in [4.78, 5) is 11.0. The maximum atomic E-state index is 11.0. The molecule has 0 radical (unpaired) electrons. The molecule has 0 heterocycles. The van der Waals surface area contributed by atoms with Crippen molar-refractivity contribution in [1.82, 2.24) is 5.32 Å². The van der Waals surface area contributed by atoms with Crippen LogP contribution in [0.15, 0.2) is 18.2 Å². The van der Waals surface area contributed by atoms with Gasteiger partial charge in [-0.3, -0.25) is 0 Å². The molecule has 86 valence electrons.